The molecule has 4 heteroatoms. The van der Waals surface area contributed by atoms with Crippen LogP contribution in [0.3, 0.4) is 0 Å². The third-order valence-corrected chi connectivity index (χ3v) is 3.09. The Labute approximate surface area is 101 Å². The maximum Gasteiger partial charge on any atom is 0.130 e. The van der Waals surface area contributed by atoms with Crippen LogP contribution in [0.1, 0.15) is 18.9 Å². The second kappa shape index (κ2) is 5.56. The molecule has 0 aliphatic carbocycles. The Morgan fingerprint density at radius 1 is 1.41 bits per heavy atom. The highest BCUT2D eigenvalue weighted by molar-refractivity contribution is 5.18. The molecule has 0 radical (unpaired) electrons. The van der Waals surface area contributed by atoms with Crippen molar-refractivity contribution in [3.63, 3.8) is 0 Å². The first-order chi connectivity index (χ1) is 8.15. The average molecular weight is 240 g/mol. The number of nitrogens with one attached hydrogen (secondary N) is 1. The fourth-order valence-corrected chi connectivity index (χ4v) is 2.23. The van der Waals surface area contributed by atoms with Crippen molar-refractivity contribution >= 4 is 0 Å². The minimum absolute atomic E-state index is 0.418. The zero-order valence-corrected chi connectivity index (χ0v) is 10.0. The summed E-state index contributed by atoms with van der Waals surface area (Å²) >= 11 is 0. The number of hydrogen-bond acceptors (Lipinski definition) is 2. The molecular weight excluding hydrogens is 222 g/mol. The summed E-state index contributed by atoms with van der Waals surface area (Å²) in [6.45, 7) is 5.53. The van der Waals surface area contributed by atoms with Crippen LogP contribution in [0, 0.1) is 11.6 Å². The molecule has 1 saturated heterocycles. The fraction of sp³-hybridized carbons (Fsp3) is 0.538. The summed E-state index contributed by atoms with van der Waals surface area (Å²) in [4.78, 5) is 2.21. The lowest BCUT2D eigenvalue weighted by Crippen LogP contribution is -2.35. The van der Waals surface area contributed by atoms with E-state index in [-0.39, 0.29) is 0 Å². The van der Waals surface area contributed by atoms with Crippen LogP contribution in [0.25, 0.3) is 0 Å². The van der Waals surface area contributed by atoms with Gasteiger partial charge in [0.15, 0.2) is 0 Å². The van der Waals surface area contributed by atoms with Gasteiger partial charge >= 0.3 is 0 Å². The van der Waals surface area contributed by atoms with Gasteiger partial charge in [0, 0.05) is 30.8 Å². The SMILES string of the molecule is CC1CN(Cc2ccc(F)cc2F)CCCN1. The third-order valence-electron chi connectivity index (χ3n) is 3.09. The van der Waals surface area contributed by atoms with E-state index in [0.717, 1.165) is 32.1 Å². The normalized spacial score (nSPS) is 22.4. The maximum absolute atomic E-state index is 13.5. The first-order valence-electron chi connectivity index (χ1n) is 6.05. The Bertz CT molecular complexity index is 382. The van der Waals surface area contributed by atoms with Crippen molar-refractivity contribution in [3.8, 4) is 0 Å². The molecule has 0 aromatic heterocycles. The Morgan fingerprint density at radius 3 is 3.00 bits per heavy atom. The van der Waals surface area contributed by atoms with Gasteiger partial charge in [-0.3, -0.25) is 4.90 Å². The van der Waals surface area contributed by atoms with Crippen LogP contribution < -0.4 is 5.32 Å². The first kappa shape index (κ1) is 12.5. The predicted molar refractivity (Wildman–Crippen MR) is 63.7 cm³/mol. The van der Waals surface area contributed by atoms with E-state index >= 15 is 0 Å². The molecular formula is C13H18F2N2. The summed E-state index contributed by atoms with van der Waals surface area (Å²) in [5, 5.41) is 3.39. The van der Waals surface area contributed by atoms with Crippen LogP contribution in [0.2, 0.25) is 0 Å². The van der Waals surface area contributed by atoms with Crippen molar-refractivity contribution in [2.75, 3.05) is 19.6 Å². The maximum atomic E-state index is 13.5. The van der Waals surface area contributed by atoms with E-state index in [9.17, 15) is 8.78 Å². The Kier molecular flexibility index (Phi) is 4.07. The minimum Gasteiger partial charge on any atom is -0.313 e. The lowest BCUT2D eigenvalue weighted by molar-refractivity contribution is 0.261. The van der Waals surface area contributed by atoms with Gasteiger partial charge in [-0.2, -0.15) is 0 Å². The molecule has 1 fully saturated rings. The second-order valence-corrected chi connectivity index (χ2v) is 4.68. The van der Waals surface area contributed by atoms with E-state index in [2.05, 4.69) is 17.1 Å². The zero-order valence-electron chi connectivity index (χ0n) is 10.0. The molecule has 1 aliphatic heterocycles. The van der Waals surface area contributed by atoms with E-state index in [1.54, 1.807) is 0 Å². The average Bonchev–Trinajstić information content (AvgIpc) is 2.47. The smallest absolute Gasteiger partial charge is 0.130 e. The molecule has 0 bridgehead atoms. The number of halogens is 2. The predicted octanol–water partition coefficient (Wildman–Crippen LogP) is 2.15. The Hall–Kier alpha value is -1.00. The van der Waals surface area contributed by atoms with E-state index in [1.807, 2.05) is 0 Å². The molecule has 1 N–H and O–H groups in total. The molecule has 94 valence electrons. The quantitative estimate of drug-likeness (QED) is 0.852. The first-order valence-corrected chi connectivity index (χ1v) is 6.05. The summed E-state index contributed by atoms with van der Waals surface area (Å²) < 4.78 is 26.3. The van der Waals surface area contributed by atoms with Crippen molar-refractivity contribution in [2.24, 2.45) is 0 Å². The van der Waals surface area contributed by atoms with Gasteiger partial charge in [-0.05, 0) is 32.5 Å². The molecule has 1 aromatic rings. The molecule has 17 heavy (non-hydrogen) atoms. The number of nitrogens with zero attached hydrogens (tertiary/aromatic N) is 1. The summed E-state index contributed by atoms with van der Waals surface area (Å²) in [7, 11) is 0. The summed E-state index contributed by atoms with van der Waals surface area (Å²) in [6.07, 6.45) is 1.06. The lowest BCUT2D eigenvalue weighted by Gasteiger charge is -2.22. The minimum atomic E-state index is -0.517. The molecule has 1 atom stereocenters. The second-order valence-electron chi connectivity index (χ2n) is 4.68. The van der Waals surface area contributed by atoms with E-state index < -0.39 is 11.6 Å². The summed E-state index contributed by atoms with van der Waals surface area (Å²) in [6, 6.07) is 4.22. The van der Waals surface area contributed by atoms with Crippen molar-refractivity contribution in [2.45, 2.75) is 25.9 Å². The van der Waals surface area contributed by atoms with Gasteiger partial charge in [0.25, 0.3) is 0 Å². The van der Waals surface area contributed by atoms with Crippen LogP contribution in [0.4, 0.5) is 8.78 Å². The van der Waals surface area contributed by atoms with Crippen molar-refractivity contribution in [3.05, 3.63) is 35.4 Å². The number of rotatable bonds is 2. The molecule has 1 aliphatic rings. The van der Waals surface area contributed by atoms with Gasteiger partial charge in [-0.25, -0.2) is 8.78 Å². The monoisotopic (exact) mass is 240 g/mol. The molecule has 2 nitrogen and oxygen atoms in total. The Morgan fingerprint density at radius 2 is 2.24 bits per heavy atom. The number of benzene rings is 1. The van der Waals surface area contributed by atoms with Crippen LogP contribution in [-0.4, -0.2) is 30.6 Å². The van der Waals surface area contributed by atoms with Crippen LogP contribution in [-0.2, 0) is 6.54 Å². The van der Waals surface area contributed by atoms with Crippen LogP contribution in [0.15, 0.2) is 18.2 Å². The summed E-state index contributed by atoms with van der Waals surface area (Å²) in [5.41, 5.74) is 0.570. The summed E-state index contributed by atoms with van der Waals surface area (Å²) in [5.74, 6) is -0.966. The highest BCUT2D eigenvalue weighted by atomic mass is 19.1. The topological polar surface area (TPSA) is 15.3 Å². The third kappa shape index (κ3) is 3.48. The molecule has 1 unspecified atom stereocenters. The van der Waals surface area contributed by atoms with E-state index in [4.69, 9.17) is 0 Å². The van der Waals surface area contributed by atoms with Gasteiger partial charge in [0.05, 0.1) is 0 Å². The van der Waals surface area contributed by atoms with Gasteiger partial charge in [0.1, 0.15) is 11.6 Å². The van der Waals surface area contributed by atoms with Crippen LogP contribution >= 0.6 is 0 Å². The largest absolute Gasteiger partial charge is 0.313 e. The molecule has 2 rings (SSSR count). The van der Waals surface area contributed by atoms with Gasteiger partial charge in [-0.15, -0.1) is 0 Å². The van der Waals surface area contributed by atoms with E-state index in [0.29, 0.717) is 18.2 Å². The molecule has 1 heterocycles. The zero-order chi connectivity index (χ0) is 12.3. The van der Waals surface area contributed by atoms with E-state index in [1.165, 1.54) is 12.1 Å². The van der Waals surface area contributed by atoms with Gasteiger partial charge < -0.3 is 5.32 Å². The highest BCUT2D eigenvalue weighted by Gasteiger charge is 2.15. The molecule has 0 saturated carbocycles. The molecule has 1 aromatic carbocycles. The number of hydrogen-bond donors (Lipinski definition) is 1. The van der Waals surface area contributed by atoms with Gasteiger partial charge in [0.2, 0.25) is 0 Å². The molecule has 0 spiro atoms. The van der Waals surface area contributed by atoms with Crippen LogP contribution in [0.5, 0.6) is 0 Å². The van der Waals surface area contributed by atoms with Gasteiger partial charge in [-0.1, -0.05) is 6.07 Å². The lowest BCUT2D eigenvalue weighted by atomic mass is 10.2. The Balaban J connectivity index is 2.03. The fourth-order valence-electron chi connectivity index (χ4n) is 2.23. The van der Waals surface area contributed by atoms with Crippen molar-refractivity contribution in [1.82, 2.24) is 10.2 Å². The van der Waals surface area contributed by atoms with Crippen molar-refractivity contribution < 1.29 is 8.78 Å². The highest BCUT2D eigenvalue weighted by Crippen LogP contribution is 2.13. The molecule has 0 amide bonds. The van der Waals surface area contributed by atoms with Crippen molar-refractivity contribution in [1.29, 1.82) is 0 Å². The standard InChI is InChI=1S/C13H18F2N2/c1-10-8-17(6-2-5-16-10)9-11-3-4-12(14)7-13(11)15/h3-4,7,10,16H,2,5-6,8-9H2,1H3.